The first-order valence-corrected chi connectivity index (χ1v) is 8.26. The summed E-state index contributed by atoms with van der Waals surface area (Å²) >= 11 is 12.0. The van der Waals surface area contributed by atoms with Crippen LogP contribution < -0.4 is 0 Å². The molecule has 4 nitrogen and oxygen atoms in total. The highest BCUT2D eigenvalue weighted by molar-refractivity contribution is 6.35. The minimum atomic E-state index is 0.182. The van der Waals surface area contributed by atoms with Gasteiger partial charge in [0, 0.05) is 6.54 Å². The van der Waals surface area contributed by atoms with Gasteiger partial charge in [0.25, 0.3) is 0 Å². The molecule has 0 aliphatic heterocycles. The molecule has 2 aromatic rings. The Bertz CT molecular complexity index is 707. The normalized spacial score (nSPS) is 30.4. The van der Waals surface area contributed by atoms with Crippen LogP contribution in [0, 0.1) is 23.2 Å². The molecule has 2 bridgehead atoms. The van der Waals surface area contributed by atoms with Gasteiger partial charge >= 0.3 is 0 Å². The zero-order valence-electron chi connectivity index (χ0n) is 12.2. The standard InChI is InChI=1S/C15H18Cl2N4/c1-15(2)9-4-3-8(10(15)5-9)6-21-7-18-11-12(16)19-14(17)20-13(11)21/h7-10H,3-6H2,1-2H3. The van der Waals surface area contributed by atoms with Gasteiger partial charge in [-0.2, -0.15) is 4.98 Å². The lowest BCUT2D eigenvalue weighted by Crippen LogP contribution is -2.53. The van der Waals surface area contributed by atoms with E-state index < -0.39 is 0 Å². The van der Waals surface area contributed by atoms with E-state index in [-0.39, 0.29) is 5.28 Å². The van der Waals surface area contributed by atoms with E-state index >= 15 is 0 Å². The third-order valence-corrected chi connectivity index (χ3v) is 6.26. The highest BCUT2D eigenvalue weighted by atomic mass is 35.5. The molecule has 3 aliphatic rings. The van der Waals surface area contributed by atoms with Crippen LogP contribution in [-0.4, -0.2) is 19.5 Å². The SMILES string of the molecule is CC1(C)C2CCC(Cn3cnc4c(Cl)nc(Cl)nc43)C1C2. The molecule has 0 aromatic carbocycles. The minimum Gasteiger partial charge on any atom is -0.315 e. The van der Waals surface area contributed by atoms with Gasteiger partial charge in [0.15, 0.2) is 10.8 Å². The van der Waals surface area contributed by atoms with Crippen LogP contribution in [0.2, 0.25) is 10.4 Å². The van der Waals surface area contributed by atoms with Crippen molar-refractivity contribution in [2.45, 2.75) is 39.7 Å². The molecule has 3 aliphatic carbocycles. The van der Waals surface area contributed by atoms with Crippen LogP contribution in [-0.2, 0) is 6.54 Å². The van der Waals surface area contributed by atoms with Gasteiger partial charge in [-0.3, -0.25) is 0 Å². The summed E-state index contributed by atoms with van der Waals surface area (Å²) in [6.07, 6.45) is 5.84. The molecule has 21 heavy (non-hydrogen) atoms. The summed E-state index contributed by atoms with van der Waals surface area (Å²) in [5.41, 5.74) is 1.88. The van der Waals surface area contributed by atoms with Crippen molar-refractivity contribution < 1.29 is 0 Å². The fraction of sp³-hybridized carbons (Fsp3) is 0.667. The lowest BCUT2D eigenvalue weighted by Gasteiger charge is -2.60. The van der Waals surface area contributed by atoms with Crippen molar-refractivity contribution in [3.05, 3.63) is 16.8 Å². The van der Waals surface area contributed by atoms with Crippen molar-refractivity contribution in [2.75, 3.05) is 0 Å². The minimum absolute atomic E-state index is 0.182. The van der Waals surface area contributed by atoms with Crippen LogP contribution in [0.25, 0.3) is 11.2 Å². The third-order valence-electron chi connectivity index (χ3n) is 5.83. The van der Waals surface area contributed by atoms with Gasteiger partial charge in [0.2, 0.25) is 5.28 Å². The molecular formula is C15H18Cl2N4. The molecular weight excluding hydrogens is 307 g/mol. The highest BCUT2D eigenvalue weighted by Crippen LogP contribution is 2.61. The Morgan fingerprint density at radius 1 is 1.29 bits per heavy atom. The fourth-order valence-electron chi connectivity index (χ4n) is 4.45. The van der Waals surface area contributed by atoms with Gasteiger partial charge in [-0.05, 0) is 54.0 Å². The molecule has 2 heterocycles. The van der Waals surface area contributed by atoms with Gasteiger partial charge in [0.05, 0.1) is 6.33 Å². The number of nitrogens with zero attached hydrogens (tertiary/aromatic N) is 4. The summed E-state index contributed by atoms with van der Waals surface area (Å²) in [7, 11) is 0. The number of halogens is 2. The van der Waals surface area contributed by atoms with Crippen LogP contribution in [0.1, 0.15) is 33.1 Å². The number of imidazole rings is 1. The first kappa shape index (κ1) is 13.8. The summed E-state index contributed by atoms with van der Waals surface area (Å²) in [6.45, 7) is 5.78. The summed E-state index contributed by atoms with van der Waals surface area (Å²) in [5.74, 6) is 2.42. The Hall–Kier alpha value is -0.870. The largest absolute Gasteiger partial charge is 0.315 e. The molecule has 3 atom stereocenters. The molecule has 5 rings (SSSR count). The van der Waals surface area contributed by atoms with E-state index in [1.54, 1.807) is 0 Å². The van der Waals surface area contributed by atoms with Crippen molar-refractivity contribution >= 4 is 34.4 Å². The highest BCUT2D eigenvalue weighted by Gasteiger charge is 2.54. The molecule has 0 spiro atoms. The van der Waals surface area contributed by atoms with Crippen molar-refractivity contribution in [3.63, 3.8) is 0 Å². The van der Waals surface area contributed by atoms with Gasteiger partial charge in [0.1, 0.15) is 5.52 Å². The fourth-order valence-corrected chi connectivity index (χ4v) is 4.87. The second-order valence-corrected chi connectivity index (χ2v) is 7.75. The van der Waals surface area contributed by atoms with Crippen molar-refractivity contribution in [1.29, 1.82) is 0 Å². The lowest BCUT2D eigenvalue weighted by atomic mass is 9.45. The second-order valence-electron chi connectivity index (χ2n) is 7.05. The Kier molecular flexibility index (Phi) is 2.99. The van der Waals surface area contributed by atoms with Gasteiger partial charge in [-0.15, -0.1) is 0 Å². The van der Waals surface area contributed by atoms with Crippen LogP contribution in [0.3, 0.4) is 0 Å². The maximum atomic E-state index is 6.09. The Balaban J connectivity index is 1.66. The second kappa shape index (κ2) is 4.56. The summed E-state index contributed by atoms with van der Waals surface area (Å²) < 4.78 is 2.09. The van der Waals surface area contributed by atoms with Crippen LogP contribution in [0.5, 0.6) is 0 Å². The molecule has 6 heteroatoms. The first-order chi connectivity index (χ1) is 9.96. The van der Waals surface area contributed by atoms with E-state index in [9.17, 15) is 0 Å². The molecule has 3 saturated carbocycles. The average Bonchev–Trinajstić information content (AvgIpc) is 2.82. The predicted molar refractivity (Wildman–Crippen MR) is 83.4 cm³/mol. The van der Waals surface area contributed by atoms with Gasteiger partial charge in [-0.25, -0.2) is 9.97 Å². The van der Waals surface area contributed by atoms with Crippen LogP contribution >= 0.6 is 23.2 Å². The smallest absolute Gasteiger partial charge is 0.225 e. The molecule has 0 N–H and O–H groups in total. The Labute approximate surface area is 133 Å². The third kappa shape index (κ3) is 1.99. The van der Waals surface area contributed by atoms with Gasteiger partial charge < -0.3 is 4.57 Å². The van der Waals surface area contributed by atoms with Gasteiger partial charge in [-0.1, -0.05) is 25.4 Å². The Morgan fingerprint density at radius 2 is 2.10 bits per heavy atom. The van der Waals surface area contributed by atoms with E-state index in [1.165, 1.54) is 19.3 Å². The van der Waals surface area contributed by atoms with E-state index in [1.807, 2.05) is 6.33 Å². The van der Waals surface area contributed by atoms with E-state index in [4.69, 9.17) is 23.2 Å². The number of rotatable bonds is 2. The van der Waals surface area contributed by atoms with Crippen molar-refractivity contribution in [3.8, 4) is 0 Å². The van der Waals surface area contributed by atoms with Crippen molar-refractivity contribution in [2.24, 2.45) is 23.2 Å². The van der Waals surface area contributed by atoms with Crippen molar-refractivity contribution in [1.82, 2.24) is 19.5 Å². The molecule has 3 fully saturated rings. The molecule has 0 amide bonds. The summed E-state index contributed by atoms with van der Waals surface area (Å²) in [5, 5.41) is 0.512. The zero-order valence-corrected chi connectivity index (χ0v) is 13.7. The number of hydrogen-bond acceptors (Lipinski definition) is 3. The average molecular weight is 325 g/mol. The first-order valence-electron chi connectivity index (χ1n) is 7.50. The summed E-state index contributed by atoms with van der Waals surface area (Å²) in [6, 6.07) is 0. The monoisotopic (exact) mass is 324 g/mol. The lowest BCUT2D eigenvalue weighted by molar-refractivity contribution is -0.108. The van der Waals surface area contributed by atoms with E-state index in [2.05, 4.69) is 33.4 Å². The Morgan fingerprint density at radius 3 is 2.81 bits per heavy atom. The number of hydrogen-bond donors (Lipinski definition) is 0. The van der Waals surface area contributed by atoms with E-state index in [0.29, 0.717) is 22.0 Å². The predicted octanol–water partition coefficient (Wildman–Crippen LogP) is 4.21. The maximum Gasteiger partial charge on any atom is 0.225 e. The quantitative estimate of drug-likeness (QED) is 0.614. The van der Waals surface area contributed by atoms with Crippen LogP contribution in [0.15, 0.2) is 6.33 Å². The van der Waals surface area contributed by atoms with Crippen LogP contribution in [0.4, 0.5) is 0 Å². The number of aromatic nitrogens is 4. The molecule has 0 radical (unpaired) electrons. The molecule has 112 valence electrons. The number of fused-ring (bicyclic) bond motifs is 3. The molecule has 2 aromatic heterocycles. The summed E-state index contributed by atoms with van der Waals surface area (Å²) in [4.78, 5) is 12.6. The zero-order chi connectivity index (χ0) is 14.8. The maximum absolute atomic E-state index is 6.09. The van der Waals surface area contributed by atoms with E-state index in [0.717, 1.165) is 24.0 Å². The molecule has 0 saturated heterocycles. The topological polar surface area (TPSA) is 43.6 Å². The molecule has 3 unspecified atom stereocenters.